The molecule has 110 valence electrons. The van der Waals surface area contributed by atoms with Gasteiger partial charge in [-0.3, -0.25) is 10.3 Å². The zero-order valence-electron chi connectivity index (χ0n) is 11.9. The summed E-state index contributed by atoms with van der Waals surface area (Å²) in [6.45, 7) is 2.98. The number of hydrogen-bond acceptors (Lipinski definition) is 4. The molecule has 1 amide bonds. The zero-order chi connectivity index (χ0) is 14.4. The average Bonchev–Trinajstić information content (AvgIpc) is 2.48. The standard InChI is InChI=1S/C16H19N3O2/c17-14-10-16(11-18-8-6-12(16)7-9-18)21-15(20)19(14)13-4-2-1-3-5-13/h1-5,12,17H,6-11H2. The Kier molecular flexibility index (Phi) is 2.79. The molecule has 4 heterocycles. The van der Waals surface area contributed by atoms with Crippen LogP contribution in [0.3, 0.4) is 0 Å². The summed E-state index contributed by atoms with van der Waals surface area (Å²) in [6, 6.07) is 9.31. The first-order valence-electron chi connectivity index (χ1n) is 7.56. The first-order chi connectivity index (χ1) is 10.2. The monoisotopic (exact) mass is 285 g/mol. The van der Waals surface area contributed by atoms with Crippen molar-refractivity contribution in [2.75, 3.05) is 24.5 Å². The average molecular weight is 285 g/mol. The molecule has 4 saturated heterocycles. The maximum Gasteiger partial charge on any atom is 0.420 e. The number of nitrogens with zero attached hydrogens (tertiary/aromatic N) is 2. The van der Waals surface area contributed by atoms with Crippen LogP contribution in [0.5, 0.6) is 0 Å². The summed E-state index contributed by atoms with van der Waals surface area (Å²) in [4.78, 5) is 16.3. The molecule has 4 aliphatic heterocycles. The van der Waals surface area contributed by atoms with Crippen LogP contribution in [0.15, 0.2) is 30.3 Å². The van der Waals surface area contributed by atoms with E-state index in [2.05, 4.69) is 4.90 Å². The van der Waals surface area contributed by atoms with Crippen LogP contribution in [0.25, 0.3) is 0 Å². The van der Waals surface area contributed by atoms with Crippen molar-refractivity contribution in [3.05, 3.63) is 30.3 Å². The molecule has 4 aliphatic rings. The zero-order valence-corrected chi connectivity index (χ0v) is 11.9. The third-order valence-electron chi connectivity index (χ3n) is 5.05. The highest BCUT2D eigenvalue weighted by molar-refractivity contribution is 6.15. The first-order valence-corrected chi connectivity index (χ1v) is 7.56. The molecule has 5 rings (SSSR count). The van der Waals surface area contributed by atoms with E-state index in [0.717, 1.165) is 32.5 Å². The van der Waals surface area contributed by atoms with Crippen LogP contribution in [0.4, 0.5) is 10.5 Å². The minimum atomic E-state index is -0.462. The van der Waals surface area contributed by atoms with Gasteiger partial charge in [-0.05, 0) is 38.1 Å². The number of fused-ring (bicyclic) bond motifs is 2. The van der Waals surface area contributed by atoms with Crippen molar-refractivity contribution in [1.29, 1.82) is 5.41 Å². The van der Waals surface area contributed by atoms with Crippen molar-refractivity contribution in [2.45, 2.75) is 24.9 Å². The fourth-order valence-corrected chi connectivity index (χ4v) is 4.01. The lowest BCUT2D eigenvalue weighted by molar-refractivity contribution is -0.113. The van der Waals surface area contributed by atoms with Crippen molar-refractivity contribution < 1.29 is 9.53 Å². The van der Waals surface area contributed by atoms with Crippen LogP contribution in [-0.4, -0.2) is 42.1 Å². The van der Waals surface area contributed by atoms with Gasteiger partial charge in [0.15, 0.2) is 0 Å². The molecular weight excluding hydrogens is 266 g/mol. The summed E-state index contributed by atoms with van der Waals surface area (Å²) in [6.07, 6.45) is 2.28. The van der Waals surface area contributed by atoms with E-state index in [9.17, 15) is 4.79 Å². The van der Waals surface area contributed by atoms with Gasteiger partial charge in [0.1, 0.15) is 11.4 Å². The number of anilines is 1. The van der Waals surface area contributed by atoms with Crippen molar-refractivity contribution >= 4 is 17.6 Å². The molecule has 1 unspecified atom stereocenters. The molecule has 0 aliphatic carbocycles. The van der Waals surface area contributed by atoms with Crippen LogP contribution in [0, 0.1) is 11.3 Å². The third kappa shape index (κ3) is 1.95. The fourth-order valence-electron chi connectivity index (χ4n) is 4.01. The molecule has 21 heavy (non-hydrogen) atoms. The highest BCUT2D eigenvalue weighted by atomic mass is 16.6. The van der Waals surface area contributed by atoms with Gasteiger partial charge in [-0.2, -0.15) is 0 Å². The Bertz CT molecular complexity index is 560. The van der Waals surface area contributed by atoms with Crippen LogP contribution >= 0.6 is 0 Å². The van der Waals surface area contributed by atoms with Gasteiger partial charge >= 0.3 is 6.09 Å². The van der Waals surface area contributed by atoms with E-state index in [0.29, 0.717) is 23.9 Å². The van der Waals surface area contributed by atoms with E-state index < -0.39 is 11.7 Å². The fraction of sp³-hybridized carbons (Fsp3) is 0.500. The number of carbonyl (C=O) groups excluding carboxylic acids is 1. The Hall–Kier alpha value is -1.88. The second-order valence-corrected chi connectivity index (χ2v) is 6.28. The predicted octanol–water partition coefficient (Wildman–Crippen LogP) is 2.47. The Labute approximate surface area is 124 Å². The molecule has 5 nitrogen and oxygen atoms in total. The molecule has 1 aromatic rings. The van der Waals surface area contributed by atoms with Gasteiger partial charge in [-0.1, -0.05) is 18.2 Å². The maximum absolute atomic E-state index is 12.5. The molecular formula is C16H19N3O2. The number of hydrogen-bond donors (Lipinski definition) is 1. The number of ether oxygens (including phenoxy) is 1. The van der Waals surface area contributed by atoms with Gasteiger partial charge in [0.25, 0.3) is 0 Å². The molecule has 4 fully saturated rings. The number of amidine groups is 1. The Balaban J connectivity index is 1.63. The molecule has 1 atom stereocenters. The highest BCUT2D eigenvalue weighted by Crippen LogP contribution is 2.43. The lowest BCUT2D eigenvalue weighted by atomic mass is 9.72. The van der Waals surface area contributed by atoms with E-state index >= 15 is 0 Å². The normalized spacial score (nSPS) is 35.1. The molecule has 5 heteroatoms. The van der Waals surface area contributed by atoms with Gasteiger partial charge in [0.05, 0.1) is 5.69 Å². The van der Waals surface area contributed by atoms with Gasteiger partial charge in [-0.25, -0.2) is 9.69 Å². The molecule has 1 aromatic carbocycles. The van der Waals surface area contributed by atoms with E-state index in [1.165, 1.54) is 4.90 Å². The minimum Gasteiger partial charge on any atom is -0.440 e. The lowest BCUT2D eigenvalue weighted by Gasteiger charge is -2.54. The second-order valence-electron chi connectivity index (χ2n) is 6.28. The molecule has 0 aromatic heterocycles. The number of benzene rings is 1. The van der Waals surface area contributed by atoms with E-state index in [4.69, 9.17) is 10.1 Å². The maximum atomic E-state index is 12.5. The second kappa shape index (κ2) is 4.56. The number of carbonyl (C=O) groups is 1. The minimum absolute atomic E-state index is 0.353. The largest absolute Gasteiger partial charge is 0.440 e. The van der Waals surface area contributed by atoms with Crippen molar-refractivity contribution in [2.24, 2.45) is 5.92 Å². The quantitative estimate of drug-likeness (QED) is 0.862. The smallest absolute Gasteiger partial charge is 0.420 e. The SMILES string of the molecule is N=C1CC2(CN3CCC2CC3)OC(=O)N1c1ccccc1. The summed E-state index contributed by atoms with van der Waals surface area (Å²) in [5, 5.41) is 8.36. The predicted molar refractivity (Wildman–Crippen MR) is 79.6 cm³/mol. The van der Waals surface area contributed by atoms with Gasteiger partial charge < -0.3 is 4.74 Å². The van der Waals surface area contributed by atoms with Gasteiger partial charge in [-0.15, -0.1) is 0 Å². The Morgan fingerprint density at radius 2 is 1.90 bits per heavy atom. The van der Waals surface area contributed by atoms with Crippen molar-refractivity contribution in [3.8, 4) is 0 Å². The summed E-state index contributed by atoms with van der Waals surface area (Å²) in [5.41, 5.74) is 0.249. The van der Waals surface area contributed by atoms with E-state index in [1.807, 2.05) is 30.3 Å². The Morgan fingerprint density at radius 3 is 2.48 bits per heavy atom. The third-order valence-corrected chi connectivity index (χ3v) is 5.05. The molecule has 0 radical (unpaired) electrons. The number of piperidine rings is 3. The highest BCUT2D eigenvalue weighted by Gasteiger charge is 2.54. The van der Waals surface area contributed by atoms with Crippen LogP contribution in [0.1, 0.15) is 19.3 Å². The summed E-state index contributed by atoms with van der Waals surface area (Å²) in [5.74, 6) is 0.760. The summed E-state index contributed by atoms with van der Waals surface area (Å²) < 4.78 is 5.89. The van der Waals surface area contributed by atoms with Gasteiger partial charge in [0, 0.05) is 18.9 Å². The summed E-state index contributed by atoms with van der Waals surface area (Å²) >= 11 is 0. The van der Waals surface area contributed by atoms with Gasteiger partial charge in [0.2, 0.25) is 0 Å². The lowest BCUT2D eigenvalue weighted by Crippen LogP contribution is -2.66. The van der Waals surface area contributed by atoms with Crippen molar-refractivity contribution in [3.63, 3.8) is 0 Å². The molecule has 1 N–H and O–H groups in total. The number of para-hydroxylation sites is 1. The van der Waals surface area contributed by atoms with E-state index in [-0.39, 0.29) is 0 Å². The Morgan fingerprint density at radius 1 is 1.19 bits per heavy atom. The van der Waals surface area contributed by atoms with Crippen molar-refractivity contribution in [1.82, 2.24) is 4.90 Å². The van der Waals surface area contributed by atoms with Crippen LogP contribution < -0.4 is 4.90 Å². The number of nitrogens with one attached hydrogen (secondary N) is 1. The molecule has 2 bridgehead atoms. The topological polar surface area (TPSA) is 56.6 Å². The van der Waals surface area contributed by atoms with E-state index in [1.54, 1.807) is 0 Å². The van der Waals surface area contributed by atoms with Crippen LogP contribution in [0.2, 0.25) is 0 Å². The number of rotatable bonds is 1. The first kappa shape index (κ1) is 12.8. The summed E-state index contributed by atoms with van der Waals surface area (Å²) in [7, 11) is 0. The molecule has 0 saturated carbocycles. The van der Waals surface area contributed by atoms with Crippen LogP contribution in [-0.2, 0) is 4.74 Å². The number of amides is 1. The molecule has 1 spiro atoms.